The molecule has 0 radical (unpaired) electrons. The zero-order valence-electron chi connectivity index (χ0n) is 17.9. The average molecular weight is 559 g/mol. The topological polar surface area (TPSA) is 138 Å². The Balaban J connectivity index is 1.51. The van der Waals surface area contributed by atoms with Crippen LogP contribution in [-0.4, -0.2) is 74.1 Å². The van der Waals surface area contributed by atoms with Gasteiger partial charge in [-0.1, -0.05) is 22.9 Å². The number of carbonyl (C=O) groups excluding carboxylic acids is 1. The predicted molar refractivity (Wildman–Crippen MR) is 126 cm³/mol. The summed E-state index contributed by atoms with van der Waals surface area (Å²) < 4.78 is 7.66. The average Bonchev–Trinajstić information content (AvgIpc) is 3.48. The first-order valence-corrected chi connectivity index (χ1v) is 11.9. The third kappa shape index (κ3) is 4.63. The van der Waals surface area contributed by atoms with E-state index in [-0.39, 0.29) is 34.4 Å². The number of hydrogen-bond donors (Lipinski definition) is 3. The van der Waals surface area contributed by atoms with Gasteiger partial charge < -0.3 is 25.0 Å². The van der Waals surface area contributed by atoms with Crippen LogP contribution in [0.4, 0.5) is 5.13 Å². The molecule has 1 fully saturated rings. The summed E-state index contributed by atoms with van der Waals surface area (Å²) in [5, 5.41) is 17.8. The van der Waals surface area contributed by atoms with Crippen molar-refractivity contribution in [3.05, 3.63) is 32.1 Å². The number of carbonyl (C=O) groups is 2. The van der Waals surface area contributed by atoms with E-state index in [0.29, 0.717) is 45.5 Å². The highest BCUT2D eigenvalue weighted by Crippen LogP contribution is 2.34. The van der Waals surface area contributed by atoms with Crippen molar-refractivity contribution >= 4 is 55.9 Å². The largest absolute Gasteiger partial charge is 0.477 e. The Morgan fingerprint density at radius 2 is 2.21 bits per heavy atom. The van der Waals surface area contributed by atoms with Crippen molar-refractivity contribution in [1.29, 1.82) is 0 Å². The van der Waals surface area contributed by atoms with Gasteiger partial charge in [0.25, 0.3) is 5.91 Å². The molecule has 1 amide bonds. The van der Waals surface area contributed by atoms with Crippen LogP contribution in [0.1, 0.15) is 32.3 Å². The lowest BCUT2D eigenvalue weighted by atomic mass is 10.0. The molecule has 0 unspecified atom stereocenters. The molecule has 1 aliphatic heterocycles. The van der Waals surface area contributed by atoms with Crippen molar-refractivity contribution in [2.24, 2.45) is 7.05 Å². The number of anilines is 1. The predicted octanol–water partition coefficient (Wildman–Crippen LogP) is 2.71. The molecule has 4 heterocycles. The molecule has 14 heteroatoms. The second-order valence-electron chi connectivity index (χ2n) is 7.56. The maximum atomic E-state index is 12.8. The molecule has 4 rings (SSSR count). The maximum absolute atomic E-state index is 12.8. The molecule has 3 aromatic rings. The monoisotopic (exact) mass is 557 g/mol. The molecular formula is C19H21BrClN7O4S. The van der Waals surface area contributed by atoms with E-state index in [9.17, 15) is 14.7 Å². The number of aromatic amines is 1. The highest BCUT2D eigenvalue weighted by molar-refractivity contribution is 9.10. The Bertz CT molecular complexity index is 1210. The molecule has 0 aliphatic carbocycles. The Labute approximate surface area is 206 Å². The van der Waals surface area contributed by atoms with Gasteiger partial charge in [-0.2, -0.15) is 0 Å². The van der Waals surface area contributed by atoms with Gasteiger partial charge in [-0.05, 0) is 29.3 Å². The van der Waals surface area contributed by atoms with Crippen LogP contribution in [0.5, 0.6) is 0 Å². The van der Waals surface area contributed by atoms with Crippen LogP contribution in [0.3, 0.4) is 0 Å². The molecule has 2 atom stereocenters. The molecule has 0 bridgehead atoms. The van der Waals surface area contributed by atoms with Crippen molar-refractivity contribution in [2.75, 3.05) is 25.1 Å². The number of H-pyrrole nitrogens is 1. The van der Waals surface area contributed by atoms with Gasteiger partial charge in [0.05, 0.1) is 21.6 Å². The third-order valence-electron chi connectivity index (χ3n) is 5.35. The summed E-state index contributed by atoms with van der Waals surface area (Å²) in [5.41, 5.74) is 1.28. The minimum absolute atomic E-state index is 0.0736. The number of ether oxygens (including phenoxy) is 1. The number of aromatic carboxylic acids is 1. The first-order chi connectivity index (χ1) is 15.7. The molecule has 3 aromatic heterocycles. The first kappa shape index (κ1) is 23.7. The number of carboxylic acid groups (broad SMARTS) is 1. The van der Waals surface area contributed by atoms with Crippen LogP contribution in [0.25, 0.3) is 11.5 Å². The number of methoxy groups -OCH3 is 1. The number of nitrogens with zero attached hydrogens (tertiary/aromatic N) is 5. The highest BCUT2D eigenvalue weighted by atomic mass is 79.9. The number of halogens is 2. The van der Waals surface area contributed by atoms with Crippen LogP contribution in [0.15, 0.2) is 10.8 Å². The van der Waals surface area contributed by atoms with Crippen molar-refractivity contribution in [3.8, 4) is 11.5 Å². The Morgan fingerprint density at radius 1 is 1.45 bits per heavy atom. The number of hydrogen-bond acceptors (Lipinski definition) is 8. The van der Waals surface area contributed by atoms with E-state index in [1.165, 1.54) is 11.0 Å². The number of amides is 1. The van der Waals surface area contributed by atoms with Gasteiger partial charge in [-0.25, -0.2) is 14.8 Å². The number of aryl methyl sites for hydroxylation is 2. The summed E-state index contributed by atoms with van der Waals surface area (Å²) in [4.78, 5) is 38.2. The quantitative estimate of drug-likeness (QED) is 0.420. The van der Waals surface area contributed by atoms with E-state index in [2.05, 4.69) is 41.3 Å². The molecule has 1 saturated heterocycles. The molecular weight excluding hydrogens is 538 g/mol. The molecule has 33 heavy (non-hydrogen) atoms. The SMILES string of the molecule is CO[C@H]1CN(c2nc(-c3ncn(C)n3)c(C(=O)O)s2)CC[C@H]1NC(=O)c1[nH]c(C)c(Cl)c1Br. The van der Waals surface area contributed by atoms with Crippen LogP contribution in [0, 0.1) is 6.92 Å². The molecule has 0 aromatic carbocycles. The molecule has 11 nitrogen and oxygen atoms in total. The number of thiazole rings is 1. The van der Waals surface area contributed by atoms with E-state index in [0.717, 1.165) is 11.3 Å². The summed E-state index contributed by atoms with van der Waals surface area (Å²) in [7, 11) is 3.28. The van der Waals surface area contributed by atoms with Crippen LogP contribution >= 0.6 is 38.9 Å². The fourth-order valence-electron chi connectivity index (χ4n) is 3.65. The minimum Gasteiger partial charge on any atom is -0.477 e. The van der Waals surface area contributed by atoms with Gasteiger partial charge in [0, 0.05) is 32.9 Å². The van der Waals surface area contributed by atoms with Crippen LogP contribution in [0.2, 0.25) is 5.02 Å². The third-order valence-corrected chi connectivity index (χ3v) is 7.95. The van der Waals surface area contributed by atoms with E-state index < -0.39 is 5.97 Å². The minimum atomic E-state index is -1.09. The Kier molecular flexibility index (Phi) is 6.75. The molecule has 0 saturated carbocycles. The lowest BCUT2D eigenvalue weighted by Crippen LogP contribution is -2.55. The fourth-order valence-corrected chi connectivity index (χ4v) is 5.30. The maximum Gasteiger partial charge on any atom is 0.348 e. The summed E-state index contributed by atoms with van der Waals surface area (Å²) >= 11 is 10.6. The zero-order valence-corrected chi connectivity index (χ0v) is 21.1. The number of rotatable bonds is 6. The standard InChI is InChI=1S/C19H21BrClN7O4S/c1-8-12(21)11(20)13(23-8)17(29)24-9-4-5-28(6-10(9)32-3)19-25-14(15(33-19)18(30)31)16-22-7-27(2)26-16/h7,9-10,23H,4-6H2,1-3H3,(H,24,29)(H,30,31)/t9-,10+/m1/s1. The second-order valence-corrected chi connectivity index (χ2v) is 9.71. The van der Waals surface area contributed by atoms with Crippen LogP contribution in [-0.2, 0) is 11.8 Å². The van der Waals surface area contributed by atoms with E-state index >= 15 is 0 Å². The molecule has 3 N–H and O–H groups in total. The van der Waals surface area contributed by atoms with E-state index in [1.54, 1.807) is 21.1 Å². The Hall–Kier alpha value is -2.48. The smallest absolute Gasteiger partial charge is 0.348 e. The summed E-state index contributed by atoms with van der Waals surface area (Å²) in [6.07, 6.45) is 1.74. The number of aromatic nitrogens is 5. The van der Waals surface area contributed by atoms with Gasteiger partial charge in [-0.3, -0.25) is 9.48 Å². The van der Waals surface area contributed by atoms with Crippen molar-refractivity contribution in [3.63, 3.8) is 0 Å². The van der Waals surface area contributed by atoms with Crippen molar-refractivity contribution in [1.82, 2.24) is 30.0 Å². The summed E-state index contributed by atoms with van der Waals surface area (Å²) in [5.74, 6) is -1.12. The fraction of sp³-hybridized carbons (Fsp3) is 0.421. The first-order valence-electron chi connectivity index (χ1n) is 9.91. The van der Waals surface area contributed by atoms with Crippen LogP contribution < -0.4 is 10.2 Å². The number of carboxylic acids is 1. The lowest BCUT2D eigenvalue weighted by molar-refractivity contribution is 0.0540. The van der Waals surface area contributed by atoms with Crippen molar-refractivity contribution < 1.29 is 19.4 Å². The number of piperidine rings is 1. The van der Waals surface area contributed by atoms with Gasteiger partial charge in [0.15, 0.2) is 5.13 Å². The summed E-state index contributed by atoms with van der Waals surface area (Å²) in [6.45, 7) is 2.77. The van der Waals surface area contributed by atoms with Gasteiger partial charge in [0.1, 0.15) is 22.6 Å². The van der Waals surface area contributed by atoms with Gasteiger partial charge >= 0.3 is 5.97 Å². The lowest BCUT2D eigenvalue weighted by Gasteiger charge is -2.37. The number of nitrogens with one attached hydrogen (secondary N) is 2. The second kappa shape index (κ2) is 9.41. The van der Waals surface area contributed by atoms with Crippen molar-refractivity contribution in [2.45, 2.75) is 25.5 Å². The Morgan fingerprint density at radius 3 is 2.79 bits per heavy atom. The molecule has 1 aliphatic rings. The van der Waals surface area contributed by atoms with E-state index in [4.69, 9.17) is 16.3 Å². The normalized spacial score (nSPS) is 18.5. The molecule has 176 valence electrons. The van der Waals surface area contributed by atoms with E-state index in [1.807, 2.05) is 4.90 Å². The molecule has 0 spiro atoms. The van der Waals surface area contributed by atoms with Gasteiger partial charge in [0.2, 0.25) is 5.82 Å². The van der Waals surface area contributed by atoms with Gasteiger partial charge in [-0.15, -0.1) is 5.10 Å². The highest BCUT2D eigenvalue weighted by Gasteiger charge is 2.34. The zero-order chi connectivity index (χ0) is 23.9. The summed E-state index contributed by atoms with van der Waals surface area (Å²) in [6, 6.07) is -0.246.